The summed E-state index contributed by atoms with van der Waals surface area (Å²) in [4.78, 5) is 0. The van der Waals surface area contributed by atoms with Crippen molar-refractivity contribution in [2.24, 2.45) is 11.8 Å². The minimum Gasteiger partial charge on any atom is -0.396 e. The highest BCUT2D eigenvalue weighted by molar-refractivity contribution is 4.88. The number of rotatable bonds is 6. The van der Waals surface area contributed by atoms with Crippen LogP contribution >= 0.6 is 0 Å². The van der Waals surface area contributed by atoms with E-state index in [1.807, 2.05) is 0 Å². The molecule has 0 aromatic carbocycles. The van der Waals surface area contributed by atoms with E-state index >= 15 is 0 Å². The van der Waals surface area contributed by atoms with Crippen molar-refractivity contribution in [2.45, 2.75) is 70.4 Å². The van der Waals surface area contributed by atoms with Gasteiger partial charge >= 0.3 is 0 Å². The van der Waals surface area contributed by atoms with Crippen LogP contribution < -0.4 is 5.32 Å². The Bertz CT molecular complexity index is 203. The molecule has 3 atom stereocenters. The monoisotopic (exact) mass is 225 g/mol. The number of hydrogen-bond acceptors (Lipinski definition) is 2. The molecule has 94 valence electrons. The fourth-order valence-electron chi connectivity index (χ4n) is 3.26. The van der Waals surface area contributed by atoms with Crippen LogP contribution in [0.25, 0.3) is 0 Å². The molecule has 2 saturated carbocycles. The Kier molecular flexibility index (Phi) is 4.66. The van der Waals surface area contributed by atoms with E-state index in [-0.39, 0.29) is 0 Å². The highest BCUT2D eigenvalue weighted by atomic mass is 16.2. The molecule has 2 rings (SSSR count). The van der Waals surface area contributed by atoms with Crippen LogP contribution in [0.3, 0.4) is 0 Å². The molecule has 0 aliphatic heterocycles. The van der Waals surface area contributed by atoms with Crippen LogP contribution in [-0.4, -0.2) is 23.8 Å². The van der Waals surface area contributed by atoms with Crippen LogP contribution in [0.2, 0.25) is 0 Å². The molecule has 0 aromatic rings. The average molecular weight is 225 g/mol. The van der Waals surface area contributed by atoms with E-state index in [1.165, 1.54) is 38.5 Å². The standard InChI is InChI=1S/C14H27NO/c1-11(4-3-9-16)15-14-6-2-5-13(10-14)12-7-8-12/h11-16H,2-10H2,1H3. The van der Waals surface area contributed by atoms with Gasteiger partial charge in [0.25, 0.3) is 0 Å². The third-order valence-electron chi connectivity index (χ3n) is 4.32. The quantitative estimate of drug-likeness (QED) is 0.728. The predicted octanol–water partition coefficient (Wildman–Crippen LogP) is 2.71. The van der Waals surface area contributed by atoms with Crippen molar-refractivity contribution in [3.63, 3.8) is 0 Å². The summed E-state index contributed by atoms with van der Waals surface area (Å²) in [6, 6.07) is 1.34. The molecular weight excluding hydrogens is 198 g/mol. The first-order chi connectivity index (χ1) is 7.79. The highest BCUT2D eigenvalue weighted by Gasteiger charge is 2.34. The Morgan fingerprint density at radius 2 is 2.00 bits per heavy atom. The molecule has 0 bridgehead atoms. The summed E-state index contributed by atoms with van der Waals surface area (Å²) in [5, 5.41) is 12.6. The van der Waals surface area contributed by atoms with Gasteiger partial charge in [0.15, 0.2) is 0 Å². The Morgan fingerprint density at radius 3 is 2.69 bits per heavy atom. The molecule has 0 amide bonds. The Balaban J connectivity index is 1.67. The first-order valence-corrected chi connectivity index (χ1v) is 7.16. The lowest BCUT2D eigenvalue weighted by atomic mass is 9.82. The zero-order valence-electron chi connectivity index (χ0n) is 10.6. The van der Waals surface area contributed by atoms with Crippen LogP contribution in [0, 0.1) is 11.8 Å². The Morgan fingerprint density at radius 1 is 1.19 bits per heavy atom. The normalized spacial score (nSPS) is 32.6. The summed E-state index contributed by atoms with van der Waals surface area (Å²) < 4.78 is 0. The second kappa shape index (κ2) is 6.02. The van der Waals surface area contributed by atoms with Gasteiger partial charge in [0.05, 0.1) is 0 Å². The number of nitrogens with one attached hydrogen (secondary N) is 1. The minimum absolute atomic E-state index is 0.335. The summed E-state index contributed by atoms with van der Waals surface area (Å²) in [7, 11) is 0. The summed E-state index contributed by atoms with van der Waals surface area (Å²) >= 11 is 0. The second-order valence-electron chi connectivity index (χ2n) is 5.89. The molecule has 0 aromatic heterocycles. The van der Waals surface area contributed by atoms with E-state index in [0.29, 0.717) is 12.6 Å². The van der Waals surface area contributed by atoms with E-state index in [0.717, 1.165) is 30.7 Å². The molecule has 2 aliphatic rings. The molecule has 2 N–H and O–H groups in total. The Hall–Kier alpha value is -0.0800. The van der Waals surface area contributed by atoms with Crippen LogP contribution in [-0.2, 0) is 0 Å². The van der Waals surface area contributed by atoms with Gasteiger partial charge in [0, 0.05) is 18.7 Å². The SMILES string of the molecule is CC(CCCO)NC1CCCC(C2CC2)C1. The topological polar surface area (TPSA) is 32.3 Å². The number of aliphatic hydroxyl groups is 1. The summed E-state index contributed by atoms with van der Waals surface area (Å²) in [6.07, 6.45) is 10.7. The minimum atomic E-state index is 0.335. The van der Waals surface area contributed by atoms with Crippen molar-refractivity contribution in [3.8, 4) is 0 Å². The van der Waals surface area contributed by atoms with Gasteiger partial charge in [-0.1, -0.05) is 12.8 Å². The van der Waals surface area contributed by atoms with Crippen LogP contribution in [0.15, 0.2) is 0 Å². The van der Waals surface area contributed by atoms with Gasteiger partial charge < -0.3 is 10.4 Å². The molecule has 3 unspecified atom stereocenters. The molecule has 0 spiro atoms. The molecule has 2 heteroatoms. The van der Waals surface area contributed by atoms with Crippen molar-refractivity contribution in [3.05, 3.63) is 0 Å². The molecule has 0 saturated heterocycles. The van der Waals surface area contributed by atoms with Crippen molar-refractivity contribution < 1.29 is 5.11 Å². The van der Waals surface area contributed by atoms with Crippen molar-refractivity contribution in [2.75, 3.05) is 6.61 Å². The van der Waals surface area contributed by atoms with Gasteiger partial charge in [0.1, 0.15) is 0 Å². The first kappa shape index (κ1) is 12.4. The fourth-order valence-corrected chi connectivity index (χ4v) is 3.26. The van der Waals surface area contributed by atoms with E-state index in [4.69, 9.17) is 5.11 Å². The molecule has 2 nitrogen and oxygen atoms in total. The fraction of sp³-hybridized carbons (Fsp3) is 1.00. The van der Waals surface area contributed by atoms with Gasteiger partial charge in [-0.3, -0.25) is 0 Å². The second-order valence-corrected chi connectivity index (χ2v) is 5.89. The van der Waals surface area contributed by atoms with E-state index in [1.54, 1.807) is 0 Å². The molecule has 2 aliphatic carbocycles. The van der Waals surface area contributed by atoms with Gasteiger partial charge in [0.2, 0.25) is 0 Å². The Labute approximate surface area is 99.8 Å². The zero-order chi connectivity index (χ0) is 11.4. The maximum Gasteiger partial charge on any atom is 0.0431 e. The van der Waals surface area contributed by atoms with E-state index < -0.39 is 0 Å². The van der Waals surface area contributed by atoms with E-state index in [9.17, 15) is 0 Å². The largest absolute Gasteiger partial charge is 0.396 e. The summed E-state index contributed by atoms with van der Waals surface area (Å²) in [6.45, 7) is 2.60. The van der Waals surface area contributed by atoms with Crippen molar-refractivity contribution >= 4 is 0 Å². The van der Waals surface area contributed by atoms with Gasteiger partial charge in [-0.05, 0) is 57.3 Å². The molecule has 0 radical (unpaired) electrons. The highest BCUT2D eigenvalue weighted by Crippen LogP contribution is 2.43. The molecular formula is C14H27NO. The molecule has 0 heterocycles. The van der Waals surface area contributed by atoms with Crippen LogP contribution in [0.4, 0.5) is 0 Å². The third kappa shape index (κ3) is 3.74. The average Bonchev–Trinajstić information content (AvgIpc) is 3.10. The lowest BCUT2D eigenvalue weighted by Crippen LogP contribution is -2.40. The lowest BCUT2D eigenvalue weighted by Gasteiger charge is -2.32. The third-order valence-corrected chi connectivity index (χ3v) is 4.32. The van der Waals surface area contributed by atoms with Crippen LogP contribution in [0.5, 0.6) is 0 Å². The molecule has 2 fully saturated rings. The maximum absolute atomic E-state index is 8.82. The summed E-state index contributed by atoms with van der Waals surface area (Å²) in [5.74, 6) is 2.11. The van der Waals surface area contributed by atoms with E-state index in [2.05, 4.69) is 12.2 Å². The lowest BCUT2D eigenvalue weighted by molar-refractivity contribution is 0.236. The van der Waals surface area contributed by atoms with Crippen molar-refractivity contribution in [1.82, 2.24) is 5.32 Å². The zero-order valence-corrected chi connectivity index (χ0v) is 10.6. The number of aliphatic hydroxyl groups excluding tert-OH is 1. The van der Waals surface area contributed by atoms with Gasteiger partial charge in [-0.25, -0.2) is 0 Å². The molecule has 16 heavy (non-hydrogen) atoms. The first-order valence-electron chi connectivity index (χ1n) is 7.16. The maximum atomic E-state index is 8.82. The summed E-state index contributed by atoms with van der Waals surface area (Å²) in [5.41, 5.74) is 0. The number of hydrogen-bond donors (Lipinski definition) is 2. The van der Waals surface area contributed by atoms with Crippen molar-refractivity contribution in [1.29, 1.82) is 0 Å². The predicted molar refractivity (Wildman–Crippen MR) is 67.4 cm³/mol. The van der Waals surface area contributed by atoms with Crippen LogP contribution in [0.1, 0.15) is 58.3 Å². The van der Waals surface area contributed by atoms with Gasteiger partial charge in [-0.15, -0.1) is 0 Å². The smallest absolute Gasteiger partial charge is 0.0431 e. The van der Waals surface area contributed by atoms with Gasteiger partial charge in [-0.2, -0.15) is 0 Å².